The number of esters is 1. The van der Waals surface area contributed by atoms with Crippen LogP contribution in [0, 0.1) is 0 Å². The highest BCUT2D eigenvalue weighted by Gasteiger charge is 2.17. The minimum absolute atomic E-state index is 0.00831. The molecule has 0 spiro atoms. The molecule has 0 radical (unpaired) electrons. The summed E-state index contributed by atoms with van der Waals surface area (Å²) < 4.78 is 4.70. The Morgan fingerprint density at radius 3 is 2.42 bits per heavy atom. The van der Waals surface area contributed by atoms with Crippen molar-refractivity contribution in [2.24, 2.45) is 0 Å². The highest BCUT2D eigenvalue weighted by atomic mass is 16.5. The van der Waals surface area contributed by atoms with Gasteiger partial charge in [0.15, 0.2) is 0 Å². The summed E-state index contributed by atoms with van der Waals surface area (Å²) in [5.74, 6) is -1.39. The van der Waals surface area contributed by atoms with Crippen LogP contribution in [-0.2, 0) is 14.3 Å². The molecule has 2 N–H and O–H groups in total. The summed E-state index contributed by atoms with van der Waals surface area (Å²) in [5.41, 5.74) is 0. The molecule has 0 aromatic rings. The highest BCUT2D eigenvalue weighted by molar-refractivity contribution is 5.81. The molecule has 0 saturated heterocycles. The molecule has 7 nitrogen and oxygen atoms in total. The lowest BCUT2D eigenvalue weighted by Gasteiger charge is -2.26. The van der Waals surface area contributed by atoms with Gasteiger partial charge in [-0.1, -0.05) is 0 Å². The summed E-state index contributed by atoms with van der Waals surface area (Å²) in [7, 11) is 0. The van der Waals surface area contributed by atoms with Crippen LogP contribution >= 0.6 is 0 Å². The predicted molar refractivity (Wildman–Crippen MR) is 68.7 cm³/mol. The van der Waals surface area contributed by atoms with Gasteiger partial charge in [-0.3, -0.25) is 9.59 Å². The lowest BCUT2D eigenvalue weighted by molar-refractivity contribution is -0.142. The fourth-order valence-corrected chi connectivity index (χ4v) is 1.46. The summed E-state index contributed by atoms with van der Waals surface area (Å²) in [6, 6.07) is -0.468. The number of aliphatic carboxylic acids is 1. The Bertz CT molecular complexity index is 317. The number of hydrogen-bond acceptors (Lipinski definition) is 4. The normalized spacial score (nSPS) is 10.1. The second-order valence-electron chi connectivity index (χ2n) is 4.25. The number of nitrogens with one attached hydrogen (secondary N) is 1. The maximum Gasteiger partial charge on any atom is 0.325 e. The molecule has 0 unspecified atom stereocenters. The second-order valence-corrected chi connectivity index (χ2v) is 4.25. The van der Waals surface area contributed by atoms with Gasteiger partial charge in [0.1, 0.15) is 6.54 Å². The van der Waals surface area contributed by atoms with Gasteiger partial charge in [0.05, 0.1) is 6.61 Å². The molecular weight excluding hydrogens is 252 g/mol. The zero-order valence-electron chi connectivity index (χ0n) is 11.6. The average Bonchev–Trinajstić information content (AvgIpc) is 2.31. The Balaban J connectivity index is 4.18. The first kappa shape index (κ1) is 17.2. The fourth-order valence-electron chi connectivity index (χ4n) is 1.46. The highest BCUT2D eigenvalue weighted by Crippen LogP contribution is 2.02. The summed E-state index contributed by atoms with van der Waals surface area (Å²) in [4.78, 5) is 34.9. The number of rotatable bonds is 8. The van der Waals surface area contributed by atoms with Gasteiger partial charge in [-0.05, 0) is 27.2 Å². The third-order valence-corrected chi connectivity index (χ3v) is 2.36. The fraction of sp³-hybridized carbons (Fsp3) is 0.750. The lowest BCUT2D eigenvalue weighted by Crippen LogP contribution is -2.46. The van der Waals surface area contributed by atoms with Crippen LogP contribution in [0.3, 0.4) is 0 Å². The van der Waals surface area contributed by atoms with Gasteiger partial charge in [0, 0.05) is 19.0 Å². The van der Waals surface area contributed by atoms with E-state index in [9.17, 15) is 14.4 Å². The van der Waals surface area contributed by atoms with Crippen LogP contribution in [-0.4, -0.2) is 53.7 Å². The number of ether oxygens (including phenoxy) is 1. The van der Waals surface area contributed by atoms with Gasteiger partial charge in [-0.2, -0.15) is 0 Å². The first-order chi connectivity index (χ1) is 8.88. The van der Waals surface area contributed by atoms with Crippen molar-refractivity contribution < 1.29 is 24.2 Å². The molecule has 0 bridgehead atoms. The van der Waals surface area contributed by atoms with Gasteiger partial charge in [0.25, 0.3) is 0 Å². The van der Waals surface area contributed by atoms with Gasteiger partial charge < -0.3 is 20.1 Å². The number of carbonyl (C=O) groups is 3. The number of carboxylic acid groups (broad SMARTS) is 1. The SMILES string of the molecule is CCOC(=O)CNC(=O)N(CCCC(=O)O)C(C)C. The molecule has 19 heavy (non-hydrogen) atoms. The maximum atomic E-state index is 11.8. The van der Waals surface area contributed by atoms with Crippen molar-refractivity contribution in [2.75, 3.05) is 19.7 Å². The topological polar surface area (TPSA) is 95.9 Å². The number of hydrogen-bond donors (Lipinski definition) is 2. The number of carbonyl (C=O) groups excluding carboxylic acids is 2. The van der Waals surface area contributed by atoms with Crippen molar-refractivity contribution in [1.82, 2.24) is 10.2 Å². The molecular formula is C12H22N2O5. The van der Waals surface area contributed by atoms with Crippen molar-refractivity contribution in [1.29, 1.82) is 0 Å². The van der Waals surface area contributed by atoms with Crippen molar-refractivity contribution in [3.05, 3.63) is 0 Å². The molecule has 0 saturated carbocycles. The molecule has 0 aliphatic carbocycles. The first-order valence-electron chi connectivity index (χ1n) is 6.30. The molecule has 0 aromatic carbocycles. The number of carboxylic acids is 1. The van der Waals surface area contributed by atoms with Crippen LogP contribution < -0.4 is 5.32 Å². The lowest BCUT2D eigenvalue weighted by atomic mass is 10.2. The first-order valence-corrected chi connectivity index (χ1v) is 6.30. The van der Waals surface area contributed by atoms with Crippen molar-refractivity contribution in [3.8, 4) is 0 Å². The standard InChI is InChI=1S/C12H22N2O5/c1-4-19-11(17)8-13-12(18)14(9(2)3)7-5-6-10(15)16/h9H,4-8H2,1-3H3,(H,13,18)(H,15,16). The van der Waals surface area contributed by atoms with Crippen LogP contribution in [0.2, 0.25) is 0 Å². The Kier molecular flexibility index (Phi) is 8.32. The quantitative estimate of drug-likeness (QED) is 0.639. The van der Waals surface area contributed by atoms with Crippen LogP contribution in [0.4, 0.5) is 4.79 Å². The van der Waals surface area contributed by atoms with Gasteiger partial charge in [-0.15, -0.1) is 0 Å². The van der Waals surface area contributed by atoms with E-state index >= 15 is 0 Å². The number of urea groups is 1. The maximum absolute atomic E-state index is 11.8. The number of nitrogens with zero attached hydrogens (tertiary/aromatic N) is 1. The van der Waals surface area contributed by atoms with E-state index in [0.717, 1.165) is 0 Å². The molecule has 110 valence electrons. The van der Waals surface area contributed by atoms with E-state index in [1.807, 2.05) is 13.8 Å². The molecule has 7 heteroatoms. The summed E-state index contributed by atoms with van der Waals surface area (Å²) >= 11 is 0. The monoisotopic (exact) mass is 274 g/mol. The smallest absolute Gasteiger partial charge is 0.325 e. The Labute approximate surface area is 112 Å². The summed E-state index contributed by atoms with van der Waals surface area (Å²) in [5, 5.41) is 11.0. The van der Waals surface area contributed by atoms with Crippen LogP contribution in [0.25, 0.3) is 0 Å². The van der Waals surface area contributed by atoms with Crippen molar-refractivity contribution >= 4 is 18.0 Å². The van der Waals surface area contributed by atoms with Crippen molar-refractivity contribution in [3.63, 3.8) is 0 Å². The molecule has 0 atom stereocenters. The van der Waals surface area contributed by atoms with E-state index in [4.69, 9.17) is 9.84 Å². The van der Waals surface area contributed by atoms with Gasteiger partial charge >= 0.3 is 18.0 Å². The molecule has 0 aliphatic heterocycles. The van der Waals surface area contributed by atoms with E-state index in [-0.39, 0.29) is 25.6 Å². The Hall–Kier alpha value is -1.79. The molecule has 0 heterocycles. The van der Waals surface area contributed by atoms with Crippen LogP contribution in [0.15, 0.2) is 0 Å². The molecule has 0 rings (SSSR count). The second kappa shape index (κ2) is 9.18. The molecule has 0 aliphatic rings. The molecule has 0 fully saturated rings. The van der Waals surface area contributed by atoms with E-state index in [2.05, 4.69) is 5.32 Å². The van der Waals surface area contributed by atoms with Crippen molar-refractivity contribution in [2.45, 2.75) is 39.7 Å². The van der Waals surface area contributed by atoms with E-state index in [1.165, 1.54) is 4.90 Å². The minimum atomic E-state index is -0.893. The van der Waals surface area contributed by atoms with E-state index < -0.39 is 18.0 Å². The third kappa shape index (κ3) is 8.01. The van der Waals surface area contributed by atoms with Gasteiger partial charge in [0.2, 0.25) is 0 Å². The molecule has 2 amide bonds. The zero-order chi connectivity index (χ0) is 14.8. The van der Waals surface area contributed by atoms with E-state index in [1.54, 1.807) is 6.92 Å². The van der Waals surface area contributed by atoms with E-state index in [0.29, 0.717) is 13.0 Å². The Morgan fingerprint density at radius 1 is 1.32 bits per heavy atom. The summed E-state index contributed by atoms with van der Waals surface area (Å²) in [6.07, 6.45) is 0.384. The molecule has 0 aromatic heterocycles. The van der Waals surface area contributed by atoms with Gasteiger partial charge in [-0.25, -0.2) is 4.79 Å². The van der Waals surface area contributed by atoms with Crippen LogP contribution in [0.1, 0.15) is 33.6 Å². The third-order valence-electron chi connectivity index (χ3n) is 2.36. The van der Waals surface area contributed by atoms with Crippen LogP contribution in [0.5, 0.6) is 0 Å². The summed E-state index contributed by atoms with van der Waals surface area (Å²) in [6.45, 7) is 5.75. The Morgan fingerprint density at radius 2 is 1.95 bits per heavy atom. The zero-order valence-corrected chi connectivity index (χ0v) is 11.6. The predicted octanol–water partition coefficient (Wildman–Crippen LogP) is 0.834. The minimum Gasteiger partial charge on any atom is -0.481 e. The average molecular weight is 274 g/mol. The number of amides is 2. The largest absolute Gasteiger partial charge is 0.481 e.